The summed E-state index contributed by atoms with van der Waals surface area (Å²) in [4.78, 5) is 29.5. The van der Waals surface area contributed by atoms with Crippen molar-refractivity contribution in [2.24, 2.45) is 0 Å². The number of thioether (sulfide) groups is 1. The van der Waals surface area contributed by atoms with Gasteiger partial charge in [0.25, 0.3) is 0 Å². The molecule has 0 aliphatic carbocycles. The fourth-order valence-electron chi connectivity index (χ4n) is 2.44. The number of nitrogens with zero attached hydrogens (tertiary/aromatic N) is 1. The highest BCUT2D eigenvalue weighted by Gasteiger charge is 2.14. The first kappa shape index (κ1) is 19.6. The minimum absolute atomic E-state index is 0.104. The Morgan fingerprint density at radius 3 is 2.50 bits per heavy atom. The number of hydrogen-bond acceptors (Lipinski definition) is 5. The Morgan fingerprint density at radius 1 is 1.00 bits per heavy atom. The van der Waals surface area contributed by atoms with E-state index in [9.17, 15) is 9.59 Å². The van der Waals surface area contributed by atoms with Gasteiger partial charge in [-0.25, -0.2) is 4.79 Å². The summed E-state index contributed by atoms with van der Waals surface area (Å²) in [5.41, 5.74) is 3.00. The monoisotopic (exact) mass is 392 g/mol. The number of carbonyl (C=O) groups excluding carboxylic acids is 2. The van der Waals surface area contributed by atoms with Crippen LogP contribution in [0.3, 0.4) is 0 Å². The van der Waals surface area contributed by atoms with E-state index in [4.69, 9.17) is 4.74 Å². The fourth-order valence-corrected chi connectivity index (χ4v) is 3.28. The lowest BCUT2D eigenvalue weighted by atomic mass is 10.2. The van der Waals surface area contributed by atoms with Gasteiger partial charge in [0.05, 0.1) is 17.0 Å². The van der Waals surface area contributed by atoms with E-state index in [1.807, 2.05) is 43.3 Å². The second-order valence-corrected chi connectivity index (χ2v) is 7.11. The zero-order chi connectivity index (χ0) is 19.8. The van der Waals surface area contributed by atoms with Gasteiger partial charge >= 0.3 is 5.97 Å². The number of nitrogens with one attached hydrogen (secondary N) is 1. The SMILES string of the molecule is Cc1ccc(NC(=O)CSc2ccccc2C(=O)OCc2ccccn2)cc1. The minimum Gasteiger partial charge on any atom is -0.456 e. The van der Waals surface area contributed by atoms with Crippen molar-refractivity contribution in [1.29, 1.82) is 0 Å². The van der Waals surface area contributed by atoms with Crippen LogP contribution in [0.15, 0.2) is 77.8 Å². The van der Waals surface area contributed by atoms with Crippen molar-refractivity contribution in [2.75, 3.05) is 11.1 Å². The number of benzene rings is 2. The molecule has 0 spiro atoms. The molecule has 1 N–H and O–H groups in total. The van der Waals surface area contributed by atoms with Gasteiger partial charge in [0.2, 0.25) is 5.91 Å². The van der Waals surface area contributed by atoms with E-state index in [0.717, 1.165) is 11.3 Å². The second kappa shape index (κ2) is 9.71. The third-order valence-corrected chi connectivity index (χ3v) is 4.95. The third-order valence-electron chi connectivity index (χ3n) is 3.88. The van der Waals surface area contributed by atoms with E-state index in [2.05, 4.69) is 10.3 Å². The molecular formula is C22H20N2O3S. The molecule has 1 aromatic heterocycles. The highest BCUT2D eigenvalue weighted by molar-refractivity contribution is 8.00. The van der Waals surface area contributed by atoms with E-state index in [1.165, 1.54) is 11.8 Å². The summed E-state index contributed by atoms with van der Waals surface area (Å²) in [6.07, 6.45) is 1.65. The molecule has 6 heteroatoms. The largest absolute Gasteiger partial charge is 0.456 e. The van der Waals surface area contributed by atoms with E-state index in [0.29, 0.717) is 16.2 Å². The van der Waals surface area contributed by atoms with Gasteiger partial charge in [0, 0.05) is 16.8 Å². The Balaban J connectivity index is 1.57. The summed E-state index contributed by atoms with van der Waals surface area (Å²) < 4.78 is 5.35. The number of ether oxygens (including phenoxy) is 1. The first-order valence-corrected chi connectivity index (χ1v) is 9.76. The van der Waals surface area contributed by atoms with Crippen LogP contribution in [0, 0.1) is 6.92 Å². The Kier molecular flexibility index (Phi) is 6.81. The standard InChI is InChI=1S/C22H20N2O3S/c1-16-9-11-17(12-10-16)24-21(25)15-28-20-8-3-2-7-19(20)22(26)27-14-18-6-4-5-13-23-18/h2-13H,14-15H2,1H3,(H,24,25). The molecule has 0 saturated heterocycles. The number of rotatable bonds is 7. The van der Waals surface area contributed by atoms with Gasteiger partial charge in [-0.05, 0) is 43.3 Å². The Morgan fingerprint density at radius 2 is 1.75 bits per heavy atom. The Bertz CT molecular complexity index is 944. The molecule has 0 aliphatic heterocycles. The Labute approximate surface area is 168 Å². The highest BCUT2D eigenvalue weighted by atomic mass is 32.2. The average Bonchev–Trinajstić information content (AvgIpc) is 2.73. The smallest absolute Gasteiger partial charge is 0.339 e. The molecule has 0 bridgehead atoms. The third kappa shape index (κ3) is 5.69. The summed E-state index contributed by atoms with van der Waals surface area (Å²) in [7, 11) is 0. The maximum Gasteiger partial charge on any atom is 0.339 e. The molecule has 0 atom stereocenters. The highest BCUT2D eigenvalue weighted by Crippen LogP contribution is 2.24. The summed E-state index contributed by atoms with van der Waals surface area (Å²) in [6, 6.07) is 20.1. The van der Waals surface area contributed by atoms with E-state index in [-0.39, 0.29) is 18.3 Å². The molecule has 28 heavy (non-hydrogen) atoms. The zero-order valence-electron chi connectivity index (χ0n) is 15.4. The van der Waals surface area contributed by atoms with E-state index >= 15 is 0 Å². The van der Waals surface area contributed by atoms with Gasteiger partial charge in [-0.15, -0.1) is 11.8 Å². The summed E-state index contributed by atoms with van der Waals surface area (Å²) >= 11 is 1.30. The first-order chi connectivity index (χ1) is 13.6. The van der Waals surface area contributed by atoms with Crippen LogP contribution in [0.2, 0.25) is 0 Å². The number of pyridine rings is 1. The molecule has 142 valence electrons. The molecule has 0 saturated carbocycles. The van der Waals surface area contributed by atoms with Crippen molar-refractivity contribution in [2.45, 2.75) is 18.4 Å². The molecule has 0 unspecified atom stereocenters. The van der Waals surface area contributed by atoms with Gasteiger partial charge < -0.3 is 10.1 Å². The lowest BCUT2D eigenvalue weighted by molar-refractivity contribution is -0.113. The summed E-state index contributed by atoms with van der Waals surface area (Å²) in [5, 5.41) is 2.85. The quantitative estimate of drug-likeness (QED) is 0.474. The zero-order valence-corrected chi connectivity index (χ0v) is 16.2. The number of aryl methyl sites for hydroxylation is 1. The number of carbonyl (C=O) groups is 2. The summed E-state index contributed by atoms with van der Waals surface area (Å²) in [6.45, 7) is 2.10. The molecular weight excluding hydrogens is 372 g/mol. The predicted molar refractivity (Wildman–Crippen MR) is 110 cm³/mol. The van der Waals surface area contributed by atoms with Crippen LogP contribution in [0.25, 0.3) is 0 Å². The van der Waals surface area contributed by atoms with Crippen LogP contribution < -0.4 is 5.32 Å². The van der Waals surface area contributed by atoms with Gasteiger partial charge in [-0.3, -0.25) is 9.78 Å². The van der Waals surface area contributed by atoms with Crippen LogP contribution in [0.5, 0.6) is 0 Å². The minimum atomic E-state index is -0.437. The van der Waals surface area contributed by atoms with E-state index in [1.54, 1.807) is 36.5 Å². The van der Waals surface area contributed by atoms with Crippen LogP contribution in [-0.2, 0) is 16.1 Å². The number of hydrogen-bond donors (Lipinski definition) is 1. The fraction of sp³-hybridized carbons (Fsp3) is 0.136. The van der Waals surface area contributed by atoms with Crippen LogP contribution >= 0.6 is 11.8 Å². The van der Waals surface area contributed by atoms with Crippen LogP contribution in [0.1, 0.15) is 21.6 Å². The second-order valence-electron chi connectivity index (χ2n) is 6.10. The molecule has 0 radical (unpaired) electrons. The lowest BCUT2D eigenvalue weighted by Crippen LogP contribution is -2.14. The van der Waals surface area contributed by atoms with E-state index < -0.39 is 5.97 Å². The van der Waals surface area contributed by atoms with Crippen molar-refractivity contribution in [3.05, 3.63) is 89.7 Å². The van der Waals surface area contributed by atoms with Gasteiger partial charge in [0.15, 0.2) is 0 Å². The molecule has 0 fully saturated rings. The Hall–Kier alpha value is -3.12. The van der Waals surface area contributed by atoms with Crippen LogP contribution in [0.4, 0.5) is 5.69 Å². The number of anilines is 1. The maximum atomic E-state index is 12.4. The number of esters is 1. The van der Waals surface area contributed by atoms with Crippen molar-refractivity contribution in [3.63, 3.8) is 0 Å². The van der Waals surface area contributed by atoms with Crippen molar-refractivity contribution < 1.29 is 14.3 Å². The molecule has 2 aromatic carbocycles. The molecule has 1 heterocycles. The number of amides is 1. The summed E-state index contributed by atoms with van der Waals surface area (Å²) in [5.74, 6) is -0.378. The lowest BCUT2D eigenvalue weighted by Gasteiger charge is -2.10. The van der Waals surface area contributed by atoms with Crippen molar-refractivity contribution in [1.82, 2.24) is 4.98 Å². The number of aromatic nitrogens is 1. The van der Waals surface area contributed by atoms with Crippen molar-refractivity contribution >= 4 is 29.3 Å². The average molecular weight is 392 g/mol. The molecule has 0 aliphatic rings. The molecule has 5 nitrogen and oxygen atoms in total. The van der Waals surface area contributed by atoms with Crippen molar-refractivity contribution in [3.8, 4) is 0 Å². The van der Waals surface area contributed by atoms with Crippen LogP contribution in [-0.4, -0.2) is 22.6 Å². The first-order valence-electron chi connectivity index (χ1n) is 8.77. The normalized spacial score (nSPS) is 10.3. The molecule has 3 aromatic rings. The van der Waals surface area contributed by atoms with Gasteiger partial charge in [0.1, 0.15) is 6.61 Å². The van der Waals surface area contributed by atoms with Gasteiger partial charge in [-0.2, -0.15) is 0 Å². The molecule has 1 amide bonds. The van der Waals surface area contributed by atoms with Gasteiger partial charge in [-0.1, -0.05) is 35.9 Å². The topological polar surface area (TPSA) is 68.3 Å². The predicted octanol–water partition coefficient (Wildman–Crippen LogP) is 4.48. The maximum absolute atomic E-state index is 12.4. The molecule has 3 rings (SSSR count).